The lowest BCUT2D eigenvalue weighted by molar-refractivity contribution is 0.314. The van der Waals surface area contributed by atoms with E-state index in [1.807, 2.05) is 23.9 Å². The van der Waals surface area contributed by atoms with Crippen LogP contribution in [0.25, 0.3) is 0 Å². The van der Waals surface area contributed by atoms with E-state index in [9.17, 15) is 0 Å². The highest BCUT2D eigenvalue weighted by molar-refractivity contribution is 7.98. The molecule has 16 heavy (non-hydrogen) atoms. The quantitative estimate of drug-likeness (QED) is 0.705. The van der Waals surface area contributed by atoms with Crippen LogP contribution >= 0.6 is 11.8 Å². The van der Waals surface area contributed by atoms with Gasteiger partial charge < -0.3 is 10.1 Å². The van der Waals surface area contributed by atoms with E-state index in [1.165, 1.54) is 5.56 Å². The minimum atomic E-state index is 0.810. The first-order valence-electron chi connectivity index (χ1n) is 5.78. The predicted molar refractivity (Wildman–Crippen MR) is 72.3 cm³/mol. The van der Waals surface area contributed by atoms with E-state index < -0.39 is 0 Å². The minimum absolute atomic E-state index is 0.810. The molecule has 0 unspecified atom stereocenters. The molecule has 2 nitrogen and oxygen atoms in total. The zero-order valence-electron chi connectivity index (χ0n) is 10.2. The van der Waals surface area contributed by atoms with Gasteiger partial charge in [0, 0.05) is 12.1 Å². The molecule has 0 aliphatic carbocycles. The SMILES string of the molecule is CCNCc1ccccc1OCCCSC. The summed E-state index contributed by atoms with van der Waals surface area (Å²) < 4.78 is 5.78. The zero-order valence-corrected chi connectivity index (χ0v) is 11.0. The van der Waals surface area contributed by atoms with Gasteiger partial charge >= 0.3 is 0 Å². The van der Waals surface area contributed by atoms with Crippen molar-refractivity contribution in [2.24, 2.45) is 0 Å². The van der Waals surface area contributed by atoms with Crippen molar-refractivity contribution in [3.63, 3.8) is 0 Å². The van der Waals surface area contributed by atoms with Crippen molar-refractivity contribution in [1.82, 2.24) is 5.32 Å². The Hall–Kier alpha value is -0.670. The van der Waals surface area contributed by atoms with Gasteiger partial charge in [-0.15, -0.1) is 0 Å². The molecule has 0 atom stereocenters. The van der Waals surface area contributed by atoms with Crippen LogP contribution in [0, 0.1) is 0 Å². The highest BCUT2D eigenvalue weighted by atomic mass is 32.2. The summed E-state index contributed by atoms with van der Waals surface area (Å²) >= 11 is 1.86. The average molecular weight is 239 g/mol. The maximum absolute atomic E-state index is 5.78. The molecule has 0 spiro atoms. The lowest BCUT2D eigenvalue weighted by atomic mass is 10.2. The van der Waals surface area contributed by atoms with E-state index in [2.05, 4.69) is 30.6 Å². The topological polar surface area (TPSA) is 21.3 Å². The van der Waals surface area contributed by atoms with Crippen molar-refractivity contribution in [2.45, 2.75) is 19.9 Å². The first kappa shape index (κ1) is 13.4. The van der Waals surface area contributed by atoms with Gasteiger partial charge in [0.25, 0.3) is 0 Å². The molecule has 1 N–H and O–H groups in total. The highest BCUT2D eigenvalue weighted by Crippen LogP contribution is 2.17. The molecule has 0 aliphatic heterocycles. The molecule has 1 aromatic carbocycles. The lowest BCUT2D eigenvalue weighted by Gasteiger charge is -2.11. The van der Waals surface area contributed by atoms with E-state index in [4.69, 9.17) is 4.74 Å². The molecular formula is C13H21NOS. The Morgan fingerprint density at radius 1 is 1.31 bits per heavy atom. The van der Waals surface area contributed by atoms with E-state index in [1.54, 1.807) is 0 Å². The number of ether oxygens (including phenoxy) is 1. The Bertz CT molecular complexity index is 291. The highest BCUT2D eigenvalue weighted by Gasteiger charge is 2.01. The molecule has 0 fully saturated rings. The number of hydrogen-bond donors (Lipinski definition) is 1. The summed E-state index contributed by atoms with van der Waals surface area (Å²) in [6.07, 6.45) is 3.23. The van der Waals surface area contributed by atoms with E-state index >= 15 is 0 Å². The van der Waals surface area contributed by atoms with Gasteiger partial charge in [-0.2, -0.15) is 11.8 Å². The summed E-state index contributed by atoms with van der Waals surface area (Å²) in [5, 5.41) is 3.32. The number of rotatable bonds is 8. The molecule has 1 aromatic rings. The van der Waals surface area contributed by atoms with Crippen LogP contribution in [-0.4, -0.2) is 25.2 Å². The summed E-state index contributed by atoms with van der Waals surface area (Å²) in [4.78, 5) is 0. The molecule has 1 rings (SSSR count). The van der Waals surface area contributed by atoms with Gasteiger partial charge in [-0.25, -0.2) is 0 Å². The van der Waals surface area contributed by atoms with Crippen molar-refractivity contribution in [3.05, 3.63) is 29.8 Å². The summed E-state index contributed by atoms with van der Waals surface area (Å²) in [5.41, 5.74) is 1.24. The Balaban J connectivity index is 2.43. The van der Waals surface area contributed by atoms with Gasteiger partial charge in [-0.05, 0) is 31.0 Å². The number of nitrogens with one attached hydrogen (secondary N) is 1. The van der Waals surface area contributed by atoms with Gasteiger partial charge in [-0.1, -0.05) is 25.1 Å². The van der Waals surface area contributed by atoms with Crippen LogP contribution in [0.3, 0.4) is 0 Å². The third-order valence-electron chi connectivity index (χ3n) is 2.29. The third-order valence-corrected chi connectivity index (χ3v) is 2.99. The van der Waals surface area contributed by atoms with E-state index in [0.29, 0.717) is 0 Å². The van der Waals surface area contributed by atoms with E-state index in [-0.39, 0.29) is 0 Å². The lowest BCUT2D eigenvalue weighted by Crippen LogP contribution is -2.13. The number of para-hydroxylation sites is 1. The van der Waals surface area contributed by atoms with Crippen molar-refractivity contribution < 1.29 is 4.74 Å². The van der Waals surface area contributed by atoms with E-state index in [0.717, 1.165) is 37.6 Å². The van der Waals surface area contributed by atoms with Crippen LogP contribution in [0.2, 0.25) is 0 Å². The molecule has 0 saturated heterocycles. The zero-order chi connectivity index (χ0) is 11.6. The van der Waals surface area contributed by atoms with Crippen molar-refractivity contribution in [3.8, 4) is 5.75 Å². The van der Waals surface area contributed by atoms with Gasteiger partial charge in [0.05, 0.1) is 6.61 Å². The Morgan fingerprint density at radius 3 is 2.88 bits per heavy atom. The molecule has 90 valence electrons. The fourth-order valence-electron chi connectivity index (χ4n) is 1.44. The fraction of sp³-hybridized carbons (Fsp3) is 0.538. The number of hydrogen-bond acceptors (Lipinski definition) is 3. The number of benzene rings is 1. The maximum Gasteiger partial charge on any atom is 0.123 e. The molecule has 0 amide bonds. The van der Waals surface area contributed by atoms with Crippen LogP contribution in [-0.2, 0) is 6.54 Å². The van der Waals surface area contributed by atoms with Gasteiger partial charge in [0.1, 0.15) is 5.75 Å². The first-order valence-corrected chi connectivity index (χ1v) is 7.18. The molecular weight excluding hydrogens is 218 g/mol. The van der Waals surface area contributed by atoms with Crippen molar-refractivity contribution in [2.75, 3.05) is 25.2 Å². The second-order valence-electron chi connectivity index (χ2n) is 3.58. The Labute approximate surface area is 103 Å². The molecule has 0 bridgehead atoms. The van der Waals surface area contributed by atoms with Crippen LogP contribution in [0.15, 0.2) is 24.3 Å². The van der Waals surface area contributed by atoms with Crippen LogP contribution < -0.4 is 10.1 Å². The summed E-state index contributed by atoms with van der Waals surface area (Å²) in [7, 11) is 0. The number of thioether (sulfide) groups is 1. The van der Waals surface area contributed by atoms with Crippen LogP contribution in [0.5, 0.6) is 5.75 Å². The smallest absolute Gasteiger partial charge is 0.123 e. The summed E-state index contributed by atoms with van der Waals surface area (Å²) in [6.45, 7) is 4.79. The monoisotopic (exact) mass is 239 g/mol. The molecule has 0 saturated carbocycles. The summed E-state index contributed by atoms with van der Waals surface area (Å²) in [6, 6.07) is 8.25. The fourth-order valence-corrected chi connectivity index (χ4v) is 1.84. The van der Waals surface area contributed by atoms with Crippen molar-refractivity contribution in [1.29, 1.82) is 0 Å². The standard InChI is InChI=1S/C13H21NOS/c1-3-14-11-12-7-4-5-8-13(12)15-9-6-10-16-2/h4-5,7-8,14H,3,6,9-11H2,1-2H3. The molecule has 0 radical (unpaired) electrons. The normalized spacial score (nSPS) is 10.4. The van der Waals surface area contributed by atoms with Gasteiger partial charge in [0.2, 0.25) is 0 Å². The average Bonchev–Trinajstić information content (AvgIpc) is 2.33. The van der Waals surface area contributed by atoms with Gasteiger partial charge in [-0.3, -0.25) is 0 Å². The Morgan fingerprint density at radius 2 is 2.12 bits per heavy atom. The second-order valence-corrected chi connectivity index (χ2v) is 4.57. The third kappa shape index (κ3) is 4.90. The summed E-state index contributed by atoms with van der Waals surface area (Å²) in [5.74, 6) is 2.18. The second kappa shape index (κ2) is 8.48. The van der Waals surface area contributed by atoms with Crippen molar-refractivity contribution >= 4 is 11.8 Å². The maximum atomic E-state index is 5.78. The molecule has 0 aromatic heterocycles. The minimum Gasteiger partial charge on any atom is -0.493 e. The predicted octanol–water partition coefficient (Wildman–Crippen LogP) is 2.93. The van der Waals surface area contributed by atoms with Crippen LogP contribution in [0.4, 0.5) is 0 Å². The molecule has 3 heteroatoms. The van der Waals surface area contributed by atoms with Gasteiger partial charge in [0.15, 0.2) is 0 Å². The largest absolute Gasteiger partial charge is 0.493 e. The molecule has 0 aliphatic rings. The Kier molecular flexibility index (Phi) is 7.10. The molecule has 0 heterocycles. The first-order chi connectivity index (χ1) is 7.88. The van der Waals surface area contributed by atoms with Crippen LogP contribution in [0.1, 0.15) is 18.9 Å².